The maximum atomic E-state index is 8.99. The summed E-state index contributed by atoms with van der Waals surface area (Å²) in [7, 11) is 0. The van der Waals surface area contributed by atoms with Crippen LogP contribution in [0.4, 0.5) is 0 Å². The Morgan fingerprint density at radius 3 is 2.79 bits per heavy atom. The molecule has 2 heterocycles. The van der Waals surface area contributed by atoms with Gasteiger partial charge < -0.3 is 0 Å². The molecule has 4 aromatic rings. The maximum Gasteiger partial charge on any atom is 0.101 e. The van der Waals surface area contributed by atoms with Gasteiger partial charge in [-0.1, -0.05) is 41.9 Å². The molecule has 0 radical (unpaired) electrons. The highest BCUT2D eigenvalue weighted by Gasteiger charge is 2.07. The van der Waals surface area contributed by atoms with Gasteiger partial charge in [0, 0.05) is 29.9 Å². The number of aryl methyl sites for hydroxylation is 2. The zero-order valence-corrected chi connectivity index (χ0v) is 16.1. The highest BCUT2D eigenvalue weighted by atomic mass is 35.5. The third-order valence-corrected chi connectivity index (χ3v) is 5.14. The zero-order valence-electron chi connectivity index (χ0n) is 15.3. The average molecular weight is 387 g/mol. The lowest BCUT2D eigenvalue weighted by Gasteiger charge is -2.06. The van der Waals surface area contributed by atoms with Crippen LogP contribution in [0, 0.1) is 11.3 Å². The van der Waals surface area contributed by atoms with Crippen molar-refractivity contribution in [3.63, 3.8) is 0 Å². The van der Waals surface area contributed by atoms with Crippen molar-refractivity contribution < 1.29 is 0 Å². The Morgan fingerprint density at radius 2 is 1.93 bits per heavy atom. The molecule has 0 saturated carbocycles. The quantitative estimate of drug-likeness (QED) is 0.402. The Labute approximate surface area is 169 Å². The van der Waals surface area contributed by atoms with E-state index in [0.29, 0.717) is 10.6 Å². The van der Waals surface area contributed by atoms with Gasteiger partial charge in [0.2, 0.25) is 0 Å². The number of hydrogen-bond acceptors (Lipinski definition) is 3. The number of rotatable bonds is 6. The summed E-state index contributed by atoms with van der Waals surface area (Å²) in [4.78, 5) is 4.53. The predicted octanol–water partition coefficient (Wildman–Crippen LogP) is 5.65. The Bertz CT molecular complexity index is 1150. The van der Waals surface area contributed by atoms with Crippen molar-refractivity contribution >= 4 is 22.5 Å². The molecule has 4 nitrogen and oxygen atoms in total. The SMILES string of the molecule is N#Cc1ccc(-c2ccn(CCCCc3cccc4cccnc34)n2)cc1Cl. The van der Waals surface area contributed by atoms with Crippen LogP contribution in [-0.2, 0) is 13.0 Å². The Morgan fingerprint density at radius 1 is 1.04 bits per heavy atom. The molecule has 0 spiro atoms. The van der Waals surface area contributed by atoms with Gasteiger partial charge in [0.25, 0.3) is 0 Å². The van der Waals surface area contributed by atoms with Crippen LogP contribution in [-0.4, -0.2) is 14.8 Å². The number of hydrogen-bond donors (Lipinski definition) is 0. The molecule has 138 valence electrons. The van der Waals surface area contributed by atoms with Gasteiger partial charge in [-0.3, -0.25) is 9.67 Å². The van der Waals surface area contributed by atoms with Crippen LogP contribution in [0.3, 0.4) is 0 Å². The van der Waals surface area contributed by atoms with Gasteiger partial charge in [-0.05, 0) is 49.1 Å². The first-order valence-corrected chi connectivity index (χ1v) is 9.68. The Balaban J connectivity index is 1.36. The van der Waals surface area contributed by atoms with Gasteiger partial charge in [-0.2, -0.15) is 10.4 Å². The lowest BCUT2D eigenvalue weighted by molar-refractivity contribution is 0.559. The summed E-state index contributed by atoms with van der Waals surface area (Å²) in [6, 6.07) is 19.9. The maximum absolute atomic E-state index is 8.99. The smallest absolute Gasteiger partial charge is 0.101 e. The third-order valence-electron chi connectivity index (χ3n) is 4.83. The van der Waals surface area contributed by atoms with Gasteiger partial charge >= 0.3 is 0 Å². The van der Waals surface area contributed by atoms with Crippen LogP contribution >= 0.6 is 11.6 Å². The molecule has 5 heteroatoms. The molecule has 0 fully saturated rings. The zero-order chi connectivity index (χ0) is 19.3. The van der Waals surface area contributed by atoms with Gasteiger partial charge in [-0.25, -0.2) is 0 Å². The molecule has 28 heavy (non-hydrogen) atoms. The minimum atomic E-state index is 0.457. The molecular weight excluding hydrogens is 368 g/mol. The largest absolute Gasteiger partial charge is 0.272 e. The summed E-state index contributed by atoms with van der Waals surface area (Å²) in [5.74, 6) is 0. The lowest BCUT2D eigenvalue weighted by atomic mass is 10.0. The van der Waals surface area contributed by atoms with Crippen molar-refractivity contribution in [1.29, 1.82) is 5.26 Å². The fraction of sp³-hybridized carbons (Fsp3) is 0.174. The molecule has 0 aliphatic heterocycles. The molecule has 2 aromatic carbocycles. The highest BCUT2D eigenvalue weighted by Crippen LogP contribution is 2.24. The summed E-state index contributed by atoms with van der Waals surface area (Å²) >= 11 is 6.13. The van der Waals surface area contributed by atoms with Crippen LogP contribution < -0.4 is 0 Å². The molecule has 0 unspecified atom stereocenters. The van der Waals surface area contributed by atoms with E-state index in [1.807, 2.05) is 35.3 Å². The summed E-state index contributed by atoms with van der Waals surface area (Å²) in [6.07, 6.45) is 6.97. The van der Waals surface area contributed by atoms with Crippen LogP contribution in [0.1, 0.15) is 24.0 Å². The number of aromatic nitrogens is 3. The van der Waals surface area contributed by atoms with E-state index in [0.717, 1.165) is 42.6 Å². The third kappa shape index (κ3) is 3.90. The van der Waals surface area contributed by atoms with Gasteiger partial charge in [0.05, 0.1) is 21.8 Å². The number of unbranched alkanes of at least 4 members (excludes halogenated alkanes) is 1. The second kappa shape index (κ2) is 8.24. The molecule has 0 aliphatic carbocycles. The minimum absolute atomic E-state index is 0.457. The predicted molar refractivity (Wildman–Crippen MR) is 112 cm³/mol. The molecule has 0 saturated heterocycles. The fourth-order valence-corrected chi connectivity index (χ4v) is 3.59. The standard InChI is InChI=1S/C23H19ClN4/c24-21-15-19(9-10-20(21)16-25)22-11-14-28(27-22)13-2-1-5-17-6-3-7-18-8-4-12-26-23(17)18/h3-4,6-12,14-15H,1-2,5,13H2. The van der Waals surface area contributed by atoms with Gasteiger partial charge in [0.1, 0.15) is 6.07 Å². The molecule has 0 aliphatic rings. The van der Waals surface area contributed by atoms with E-state index in [2.05, 4.69) is 40.4 Å². The van der Waals surface area contributed by atoms with Gasteiger partial charge in [-0.15, -0.1) is 0 Å². The normalized spacial score (nSPS) is 10.9. The second-order valence-corrected chi connectivity index (χ2v) is 7.13. The molecule has 0 N–H and O–H groups in total. The second-order valence-electron chi connectivity index (χ2n) is 6.72. The van der Waals surface area contributed by atoms with E-state index in [-0.39, 0.29) is 0 Å². The number of benzene rings is 2. The number of pyridine rings is 1. The lowest BCUT2D eigenvalue weighted by Crippen LogP contribution is -2.00. The molecule has 0 bridgehead atoms. The number of nitrogens with zero attached hydrogens (tertiary/aromatic N) is 4. The monoisotopic (exact) mass is 386 g/mol. The van der Waals surface area contributed by atoms with E-state index >= 15 is 0 Å². The van der Waals surface area contributed by atoms with Gasteiger partial charge in [0.15, 0.2) is 0 Å². The molecule has 2 aromatic heterocycles. The van der Waals surface area contributed by atoms with Crippen molar-refractivity contribution in [2.45, 2.75) is 25.8 Å². The molecule has 0 atom stereocenters. The van der Waals surface area contributed by atoms with Crippen molar-refractivity contribution in [1.82, 2.24) is 14.8 Å². The fourth-order valence-electron chi connectivity index (χ4n) is 3.36. The van der Waals surface area contributed by atoms with E-state index < -0.39 is 0 Å². The minimum Gasteiger partial charge on any atom is -0.272 e. The van der Waals surface area contributed by atoms with Crippen molar-refractivity contribution in [2.24, 2.45) is 0 Å². The van der Waals surface area contributed by atoms with Crippen molar-refractivity contribution in [2.75, 3.05) is 0 Å². The molecule has 4 rings (SSSR count). The number of halogens is 1. The Kier molecular flexibility index (Phi) is 5.36. The topological polar surface area (TPSA) is 54.5 Å². The van der Waals surface area contributed by atoms with Crippen LogP contribution in [0.15, 0.2) is 67.0 Å². The summed E-state index contributed by atoms with van der Waals surface area (Å²) in [6.45, 7) is 0.863. The average Bonchev–Trinajstić information content (AvgIpc) is 3.20. The van der Waals surface area contributed by atoms with Crippen LogP contribution in [0.2, 0.25) is 5.02 Å². The summed E-state index contributed by atoms with van der Waals surface area (Å²) in [5.41, 5.74) is 4.66. The first-order valence-electron chi connectivity index (χ1n) is 9.31. The Hall–Kier alpha value is -3.16. The molecular formula is C23H19ClN4. The van der Waals surface area contributed by atoms with Crippen LogP contribution in [0.5, 0.6) is 0 Å². The first-order chi connectivity index (χ1) is 13.7. The number of para-hydroxylation sites is 1. The van der Waals surface area contributed by atoms with Crippen molar-refractivity contribution in [3.05, 3.63) is 83.1 Å². The number of fused-ring (bicyclic) bond motifs is 1. The van der Waals surface area contributed by atoms with Crippen molar-refractivity contribution in [3.8, 4) is 17.3 Å². The highest BCUT2D eigenvalue weighted by molar-refractivity contribution is 6.32. The van der Waals surface area contributed by atoms with E-state index in [4.69, 9.17) is 16.9 Å². The van der Waals surface area contributed by atoms with Crippen LogP contribution in [0.25, 0.3) is 22.2 Å². The first kappa shape index (κ1) is 18.2. The summed E-state index contributed by atoms with van der Waals surface area (Å²) < 4.78 is 1.96. The number of nitriles is 1. The van der Waals surface area contributed by atoms with E-state index in [9.17, 15) is 0 Å². The molecule has 0 amide bonds. The van der Waals surface area contributed by atoms with E-state index in [1.54, 1.807) is 12.1 Å². The summed E-state index contributed by atoms with van der Waals surface area (Å²) in [5, 5.41) is 15.3. The van der Waals surface area contributed by atoms with E-state index in [1.165, 1.54) is 10.9 Å².